The van der Waals surface area contributed by atoms with Gasteiger partial charge >= 0.3 is 0 Å². The molecule has 2 heterocycles. The van der Waals surface area contributed by atoms with Crippen LogP contribution in [0.2, 0.25) is 0 Å². The lowest BCUT2D eigenvalue weighted by Gasteiger charge is -2.33. The van der Waals surface area contributed by atoms with Crippen LogP contribution in [0.25, 0.3) is 0 Å². The van der Waals surface area contributed by atoms with Gasteiger partial charge < -0.3 is 9.47 Å². The number of fused-ring (bicyclic) bond motifs is 1. The Hall–Kier alpha value is -0.140. The van der Waals surface area contributed by atoms with Crippen LogP contribution < -0.4 is 0 Å². The molecule has 0 radical (unpaired) electrons. The van der Waals surface area contributed by atoms with Crippen LogP contribution in [0.15, 0.2) is 0 Å². The second-order valence-electron chi connectivity index (χ2n) is 3.89. The van der Waals surface area contributed by atoms with Crippen molar-refractivity contribution in [2.45, 2.75) is 32.7 Å². The van der Waals surface area contributed by atoms with Crippen molar-refractivity contribution in [3.63, 3.8) is 0 Å². The van der Waals surface area contributed by atoms with Crippen LogP contribution in [-0.2, 0) is 15.1 Å². The number of ether oxygens (including phenoxy) is 2. The standard InChI is InChI=1S/C10H12O3S3/c1-4-12-8-5(11)6-7(10(2,3)13-8)16-9(14)15-6/h8H,4H2,1-3H3. The second kappa shape index (κ2) is 4.27. The predicted octanol–water partition coefficient (Wildman–Crippen LogP) is 3.35. The van der Waals surface area contributed by atoms with Crippen molar-refractivity contribution in [3.8, 4) is 0 Å². The summed E-state index contributed by atoms with van der Waals surface area (Å²) in [6.45, 7) is 6.16. The van der Waals surface area contributed by atoms with E-state index in [0.717, 1.165) is 8.01 Å². The third-order valence-electron chi connectivity index (χ3n) is 2.28. The lowest BCUT2D eigenvalue weighted by atomic mass is 10.0. The number of Topliss-reactive ketones (excluding diaryl/α,β-unsaturated/α-hetero) is 1. The lowest BCUT2D eigenvalue weighted by Crippen LogP contribution is -2.40. The molecule has 1 aliphatic rings. The molecule has 0 saturated heterocycles. The summed E-state index contributed by atoms with van der Waals surface area (Å²) in [5.41, 5.74) is -0.499. The third kappa shape index (κ3) is 2.00. The molecule has 0 spiro atoms. The molecule has 0 aromatic carbocycles. The zero-order valence-corrected chi connectivity index (χ0v) is 11.7. The van der Waals surface area contributed by atoms with Crippen LogP contribution in [0.3, 0.4) is 0 Å². The molecule has 1 unspecified atom stereocenters. The summed E-state index contributed by atoms with van der Waals surface area (Å²) in [4.78, 5) is 13.6. The molecule has 0 fully saturated rings. The summed E-state index contributed by atoms with van der Waals surface area (Å²) in [6, 6.07) is 0. The minimum atomic E-state index is -0.784. The molecule has 0 saturated carbocycles. The quantitative estimate of drug-likeness (QED) is 0.776. The fourth-order valence-electron chi connectivity index (χ4n) is 1.58. The van der Waals surface area contributed by atoms with Crippen molar-refractivity contribution in [2.24, 2.45) is 0 Å². The molecule has 16 heavy (non-hydrogen) atoms. The number of rotatable bonds is 2. The van der Waals surface area contributed by atoms with E-state index in [0.29, 0.717) is 11.5 Å². The predicted molar refractivity (Wildman–Crippen MR) is 66.9 cm³/mol. The largest absolute Gasteiger partial charge is 0.346 e. The monoisotopic (exact) mass is 276 g/mol. The Morgan fingerprint density at radius 3 is 2.81 bits per heavy atom. The molecular weight excluding hydrogens is 264 g/mol. The Kier molecular flexibility index (Phi) is 3.29. The normalized spacial score (nSPS) is 23.2. The van der Waals surface area contributed by atoms with E-state index in [-0.39, 0.29) is 5.78 Å². The molecule has 3 nitrogen and oxygen atoms in total. The summed E-state index contributed by atoms with van der Waals surface area (Å²) in [5.74, 6) is -0.103. The van der Waals surface area contributed by atoms with Crippen molar-refractivity contribution in [1.29, 1.82) is 0 Å². The van der Waals surface area contributed by atoms with Gasteiger partial charge in [-0.15, -0.1) is 22.7 Å². The smallest absolute Gasteiger partial charge is 0.230 e. The van der Waals surface area contributed by atoms with E-state index in [9.17, 15) is 4.79 Å². The molecule has 0 amide bonds. The van der Waals surface area contributed by atoms with Gasteiger partial charge in [0.15, 0.2) is 0 Å². The summed E-state index contributed by atoms with van der Waals surface area (Å²) in [6.07, 6.45) is -0.784. The van der Waals surface area contributed by atoms with Gasteiger partial charge in [0.25, 0.3) is 0 Å². The maximum absolute atomic E-state index is 12.0. The molecule has 1 aromatic heterocycles. The van der Waals surface area contributed by atoms with Crippen LogP contribution in [0.5, 0.6) is 0 Å². The van der Waals surface area contributed by atoms with E-state index in [1.54, 1.807) is 0 Å². The number of carbonyl (C=O) groups is 1. The Labute approximate surface area is 107 Å². The van der Waals surface area contributed by atoms with Gasteiger partial charge in [0.2, 0.25) is 12.1 Å². The molecule has 1 atom stereocenters. The van der Waals surface area contributed by atoms with Gasteiger partial charge in [0, 0.05) is 6.61 Å². The zero-order chi connectivity index (χ0) is 11.9. The number of ketones is 1. The highest BCUT2D eigenvalue weighted by Crippen LogP contribution is 2.42. The van der Waals surface area contributed by atoms with Gasteiger partial charge in [-0.1, -0.05) is 12.2 Å². The Bertz CT molecular complexity index is 472. The summed E-state index contributed by atoms with van der Waals surface area (Å²) in [5, 5.41) is 0. The first-order valence-corrected chi connectivity index (χ1v) is 6.98. The van der Waals surface area contributed by atoms with E-state index in [4.69, 9.17) is 21.7 Å². The van der Waals surface area contributed by atoms with E-state index in [2.05, 4.69) is 0 Å². The van der Waals surface area contributed by atoms with Crippen molar-refractivity contribution in [2.75, 3.05) is 6.61 Å². The van der Waals surface area contributed by atoms with E-state index < -0.39 is 11.9 Å². The number of carbonyl (C=O) groups excluding carboxylic acids is 1. The summed E-state index contributed by atoms with van der Waals surface area (Å²) >= 11 is 7.93. The average Bonchev–Trinajstić information content (AvgIpc) is 2.58. The molecule has 1 aromatic rings. The van der Waals surface area contributed by atoms with Crippen molar-refractivity contribution >= 4 is 40.7 Å². The molecule has 2 rings (SSSR count). The highest BCUT2D eigenvalue weighted by atomic mass is 32.2. The Balaban J connectivity index is 2.48. The summed E-state index contributed by atoms with van der Waals surface area (Å²) < 4.78 is 11.7. The minimum Gasteiger partial charge on any atom is -0.346 e. The molecule has 88 valence electrons. The molecule has 6 heteroatoms. The van der Waals surface area contributed by atoms with Crippen LogP contribution in [0.4, 0.5) is 0 Å². The van der Waals surface area contributed by atoms with Crippen LogP contribution in [-0.4, -0.2) is 18.7 Å². The zero-order valence-electron chi connectivity index (χ0n) is 9.23. The van der Waals surface area contributed by atoms with Gasteiger partial charge in [-0.2, -0.15) is 0 Å². The molecular formula is C10H12O3S3. The highest BCUT2D eigenvalue weighted by Gasteiger charge is 2.42. The van der Waals surface area contributed by atoms with Gasteiger partial charge in [0.05, 0.1) is 9.75 Å². The fraction of sp³-hybridized carbons (Fsp3) is 0.600. The van der Waals surface area contributed by atoms with Crippen molar-refractivity contribution < 1.29 is 14.3 Å². The second-order valence-corrected chi connectivity index (χ2v) is 7.12. The summed E-state index contributed by atoms with van der Waals surface area (Å²) in [7, 11) is 0. The number of hydrogen-bond acceptors (Lipinski definition) is 6. The first kappa shape index (κ1) is 12.3. The van der Waals surface area contributed by atoms with Crippen LogP contribution >= 0.6 is 34.9 Å². The van der Waals surface area contributed by atoms with Gasteiger partial charge in [0.1, 0.15) is 8.74 Å². The van der Waals surface area contributed by atoms with Crippen LogP contribution in [0.1, 0.15) is 35.3 Å². The van der Waals surface area contributed by atoms with Crippen molar-refractivity contribution in [3.05, 3.63) is 12.9 Å². The lowest BCUT2D eigenvalue weighted by molar-refractivity contribution is -0.180. The average molecular weight is 276 g/mol. The van der Waals surface area contributed by atoms with Gasteiger partial charge in [-0.25, -0.2) is 0 Å². The Morgan fingerprint density at radius 1 is 1.50 bits per heavy atom. The minimum absolute atomic E-state index is 0.103. The maximum Gasteiger partial charge on any atom is 0.230 e. The first-order chi connectivity index (χ1) is 7.45. The SMILES string of the molecule is CCOC1OC(C)(C)c2sc(=S)sc2C1=O. The maximum atomic E-state index is 12.0. The molecule has 0 bridgehead atoms. The van der Waals surface area contributed by atoms with Gasteiger partial charge in [-0.3, -0.25) is 4.79 Å². The molecule has 0 N–H and O–H groups in total. The van der Waals surface area contributed by atoms with E-state index in [1.807, 2.05) is 20.8 Å². The Morgan fingerprint density at radius 2 is 2.19 bits per heavy atom. The highest BCUT2D eigenvalue weighted by molar-refractivity contribution is 7.76. The van der Waals surface area contributed by atoms with E-state index in [1.165, 1.54) is 22.7 Å². The van der Waals surface area contributed by atoms with Crippen LogP contribution in [0, 0.1) is 3.14 Å². The number of hydrogen-bond donors (Lipinski definition) is 0. The van der Waals surface area contributed by atoms with E-state index >= 15 is 0 Å². The van der Waals surface area contributed by atoms with Gasteiger partial charge in [-0.05, 0) is 20.8 Å². The molecule has 1 aliphatic heterocycles. The third-order valence-corrected chi connectivity index (χ3v) is 5.25. The van der Waals surface area contributed by atoms with Crippen molar-refractivity contribution in [1.82, 2.24) is 0 Å². The fourth-order valence-corrected chi connectivity index (χ4v) is 4.35. The molecule has 0 aliphatic carbocycles. The topological polar surface area (TPSA) is 35.5 Å². The first-order valence-electron chi connectivity index (χ1n) is 4.93.